The molecule has 0 fully saturated rings. The number of benzene rings is 1. The first-order valence-electron chi connectivity index (χ1n) is 6.83. The molecule has 0 saturated carbocycles. The van der Waals surface area contributed by atoms with E-state index in [0.717, 1.165) is 17.3 Å². The molecule has 0 unspecified atom stereocenters. The molecule has 0 heterocycles. The number of amides is 1. The lowest BCUT2D eigenvalue weighted by molar-refractivity contribution is 0.0951. The van der Waals surface area contributed by atoms with Gasteiger partial charge in [0.1, 0.15) is 0 Å². The van der Waals surface area contributed by atoms with E-state index in [1.165, 1.54) is 10.6 Å². The van der Waals surface area contributed by atoms with E-state index in [2.05, 4.69) is 21.2 Å². The van der Waals surface area contributed by atoms with Gasteiger partial charge in [0.2, 0.25) is 10.0 Å². The lowest BCUT2D eigenvalue weighted by Gasteiger charge is -2.19. The minimum Gasteiger partial charge on any atom is -0.351 e. The van der Waals surface area contributed by atoms with Gasteiger partial charge in [0, 0.05) is 29.7 Å². The fourth-order valence-electron chi connectivity index (χ4n) is 1.80. The standard InChI is InChI=1S/C14H21BrN2O3S/c1-3-4-9-17(21(2,19)20)10-8-16-14(18)12-6-5-7-13(15)11-12/h5-7,11H,3-4,8-10H2,1-2H3,(H,16,18). The Kier molecular flexibility index (Phi) is 7.34. The van der Waals surface area contributed by atoms with Gasteiger partial charge in [-0.1, -0.05) is 35.3 Å². The van der Waals surface area contributed by atoms with Crippen molar-refractivity contribution in [2.24, 2.45) is 0 Å². The second-order valence-electron chi connectivity index (χ2n) is 4.78. The second kappa shape index (κ2) is 8.51. The summed E-state index contributed by atoms with van der Waals surface area (Å²) in [6, 6.07) is 7.06. The number of halogens is 1. The molecule has 0 aliphatic carbocycles. The summed E-state index contributed by atoms with van der Waals surface area (Å²) in [6.07, 6.45) is 2.93. The zero-order chi connectivity index (χ0) is 15.9. The zero-order valence-electron chi connectivity index (χ0n) is 12.3. The molecule has 1 N–H and O–H groups in total. The van der Waals surface area contributed by atoms with E-state index in [1.807, 2.05) is 13.0 Å². The summed E-state index contributed by atoms with van der Waals surface area (Å²) in [5.41, 5.74) is 0.545. The van der Waals surface area contributed by atoms with Gasteiger partial charge in [-0.2, -0.15) is 0 Å². The Morgan fingerprint density at radius 3 is 2.62 bits per heavy atom. The lowest BCUT2D eigenvalue weighted by atomic mass is 10.2. The summed E-state index contributed by atoms with van der Waals surface area (Å²) in [5, 5.41) is 2.74. The summed E-state index contributed by atoms with van der Waals surface area (Å²) >= 11 is 3.31. The molecular weight excluding hydrogens is 356 g/mol. The Hall–Kier alpha value is -0.920. The third-order valence-corrected chi connectivity index (χ3v) is 4.76. The van der Waals surface area contributed by atoms with Crippen molar-refractivity contribution in [2.75, 3.05) is 25.9 Å². The van der Waals surface area contributed by atoms with E-state index in [4.69, 9.17) is 0 Å². The molecular formula is C14H21BrN2O3S. The van der Waals surface area contributed by atoms with Crippen LogP contribution >= 0.6 is 15.9 Å². The molecule has 1 rings (SSSR count). The monoisotopic (exact) mass is 376 g/mol. The normalized spacial score (nSPS) is 11.6. The van der Waals surface area contributed by atoms with Crippen molar-refractivity contribution in [1.82, 2.24) is 9.62 Å². The van der Waals surface area contributed by atoms with Crippen molar-refractivity contribution in [3.05, 3.63) is 34.3 Å². The first-order valence-corrected chi connectivity index (χ1v) is 9.47. The van der Waals surface area contributed by atoms with Crippen LogP contribution in [0.25, 0.3) is 0 Å². The summed E-state index contributed by atoms with van der Waals surface area (Å²) in [5.74, 6) is -0.208. The maximum atomic E-state index is 11.9. The third kappa shape index (κ3) is 6.58. The smallest absolute Gasteiger partial charge is 0.251 e. The van der Waals surface area contributed by atoms with Gasteiger partial charge < -0.3 is 5.32 Å². The fraction of sp³-hybridized carbons (Fsp3) is 0.500. The number of nitrogens with zero attached hydrogens (tertiary/aromatic N) is 1. The first kappa shape index (κ1) is 18.1. The highest BCUT2D eigenvalue weighted by molar-refractivity contribution is 9.10. The van der Waals surface area contributed by atoms with Crippen molar-refractivity contribution in [3.63, 3.8) is 0 Å². The minimum absolute atomic E-state index is 0.208. The number of hydrogen-bond donors (Lipinski definition) is 1. The predicted molar refractivity (Wildman–Crippen MR) is 87.8 cm³/mol. The highest BCUT2D eigenvalue weighted by atomic mass is 79.9. The molecule has 0 saturated heterocycles. The van der Waals surface area contributed by atoms with Gasteiger partial charge in [0.15, 0.2) is 0 Å². The number of carbonyl (C=O) groups excluding carboxylic acids is 1. The fourth-order valence-corrected chi connectivity index (χ4v) is 3.09. The van der Waals surface area contributed by atoms with E-state index in [1.54, 1.807) is 18.2 Å². The molecule has 21 heavy (non-hydrogen) atoms. The Morgan fingerprint density at radius 2 is 2.05 bits per heavy atom. The van der Waals surface area contributed by atoms with Crippen LogP contribution in [0, 0.1) is 0 Å². The molecule has 5 nitrogen and oxygen atoms in total. The lowest BCUT2D eigenvalue weighted by Crippen LogP contribution is -2.38. The van der Waals surface area contributed by atoms with Crippen LogP contribution in [0.2, 0.25) is 0 Å². The molecule has 7 heteroatoms. The van der Waals surface area contributed by atoms with Gasteiger partial charge in [0.25, 0.3) is 5.91 Å². The van der Waals surface area contributed by atoms with Crippen molar-refractivity contribution in [2.45, 2.75) is 19.8 Å². The van der Waals surface area contributed by atoms with Gasteiger partial charge in [-0.3, -0.25) is 4.79 Å². The highest BCUT2D eigenvalue weighted by Crippen LogP contribution is 2.11. The quantitative estimate of drug-likeness (QED) is 0.756. The minimum atomic E-state index is -3.23. The van der Waals surface area contributed by atoms with Gasteiger partial charge in [-0.15, -0.1) is 0 Å². The molecule has 0 aliphatic heterocycles. The van der Waals surface area contributed by atoms with Crippen molar-refractivity contribution in [3.8, 4) is 0 Å². The Labute approximate surface area is 134 Å². The van der Waals surface area contributed by atoms with E-state index < -0.39 is 10.0 Å². The van der Waals surface area contributed by atoms with Gasteiger partial charge in [-0.05, 0) is 24.6 Å². The average molecular weight is 377 g/mol. The van der Waals surface area contributed by atoms with Crippen molar-refractivity contribution >= 4 is 31.9 Å². The molecule has 1 aromatic carbocycles. The van der Waals surface area contributed by atoms with E-state index in [0.29, 0.717) is 25.2 Å². The summed E-state index contributed by atoms with van der Waals surface area (Å²) < 4.78 is 25.5. The van der Waals surface area contributed by atoms with Gasteiger partial charge in [0.05, 0.1) is 6.26 Å². The van der Waals surface area contributed by atoms with Crippen LogP contribution in [0.4, 0.5) is 0 Å². The molecule has 1 aromatic rings. The van der Waals surface area contributed by atoms with Crippen LogP contribution in [0.1, 0.15) is 30.1 Å². The van der Waals surface area contributed by atoms with Crippen LogP contribution in [0.5, 0.6) is 0 Å². The number of nitrogens with one attached hydrogen (secondary N) is 1. The number of carbonyl (C=O) groups is 1. The molecule has 0 bridgehead atoms. The van der Waals surface area contributed by atoms with Crippen LogP contribution in [0.3, 0.4) is 0 Å². The first-order chi connectivity index (χ1) is 9.84. The number of hydrogen-bond acceptors (Lipinski definition) is 3. The molecule has 0 aromatic heterocycles. The SMILES string of the molecule is CCCCN(CCNC(=O)c1cccc(Br)c1)S(C)(=O)=O. The van der Waals surface area contributed by atoms with Gasteiger partial charge >= 0.3 is 0 Å². The van der Waals surface area contributed by atoms with Crippen molar-refractivity contribution in [1.29, 1.82) is 0 Å². The van der Waals surface area contributed by atoms with Crippen LogP contribution in [-0.4, -0.2) is 44.5 Å². The third-order valence-electron chi connectivity index (χ3n) is 2.96. The second-order valence-corrected chi connectivity index (χ2v) is 7.68. The largest absolute Gasteiger partial charge is 0.351 e. The van der Waals surface area contributed by atoms with E-state index in [9.17, 15) is 13.2 Å². The topological polar surface area (TPSA) is 66.5 Å². The number of sulfonamides is 1. The maximum absolute atomic E-state index is 11.9. The summed E-state index contributed by atoms with van der Waals surface area (Å²) in [6.45, 7) is 3.08. The average Bonchev–Trinajstić information content (AvgIpc) is 2.41. The van der Waals surface area contributed by atoms with Crippen LogP contribution in [-0.2, 0) is 10.0 Å². The van der Waals surface area contributed by atoms with Gasteiger partial charge in [-0.25, -0.2) is 12.7 Å². The van der Waals surface area contributed by atoms with Crippen LogP contribution in [0.15, 0.2) is 28.7 Å². The molecule has 118 valence electrons. The molecule has 0 aliphatic rings. The predicted octanol–water partition coefficient (Wildman–Crippen LogP) is 2.24. The van der Waals surface area contributed by atoms with E-state index in [-0.39, 0.29) is 5.91 Å². The highest BCUT2D eigenvalue weighted by Gasteiger charge is 2.15. The Morgan fingerprint density at radius 1 is 1.33 bits per heavy atom. The zero-order valence-corrected chi connectivity index (χ0v) is 14.7. The summed E-state index contributed by atoms with van der Waals surface area (Å²) in [7, 11) is -3.23. The van der Waals surface area contributed by atoms with E-state index >= 15 is 0 Å². The Bertz CT molecular complexity index is 575. The summed E-state index contributed by atoms with van der Waals surface area (Å²) in [4.78, 5) is 11.9. The molecule has 0 radical (unpaired) electrons. The maximum Gasteiger partial charge on any atom is 0.251 e. The van der Waals surface area contributed by atoms with Crippen molar-refractivity contribution < 1.29 is 13.2 Å². The number of unbranched alkanes of at least 4 members (excludes halogenated alkanes) is 1. The number of rotatable bonds is 8. The Balaban J connectivity index is 2.52. The molecule has 0 atom stereocenters. The molecule has 0 spiro atoms. The molecule has 1 amide bonds. The van der Waals surface area contributed by atoms with Crippen LogP contribution < -0.4 is 5.32 Å².